The van der Waals surface area contributed by atoms with Crippen molar-refractivity contribution in [2.24, 2.45) is 40.4 Å². The number of benzene rings is 1. The minimum absolute atomic E-state index is 0.00405. The zero-order valence-corrected chi connectivity index (χ0v) is 27.2. The Balaban J connectivity index is 1.37. The molecule has 0 aromatic heterocycles. The molecule has 3 unspecified atom stereocenters. The van der Waals surface area contributed by atoms with E-state index in [0.717, 1.165) is 62.2 Å². The number of alkyl halides is 2. The van der Waals surface area contributed by atoms with Crippen LogP contribution in [0, 0.1) is 40.4 Å². The van der Waals surface area contributed by atoms with Crippen LogP contribution in [0.5, 0.6) is 0 Å². The first-order valence-corrected chi connectivity index (χ1v) is 17.3. The summed E-state index contributed by atoms with van der Waals surface area (Å²) in [6, 6.07) is 8.50. The molecule has 5 nitrogen and oxygen atoms in total. The highest BCUT2D eigenvalue weighted by molar-refractivity contribution is 8.00. The quantitative estimate of drug-likeness (QED) is 0.211. The number of thioether (sulfide) groups is 1. The molecule has 0 aliphatic heterocycles. The van der Waals surface area contributed by atoms with Crippen molar-refractivity contribution >= 4 is 58.2 Å². The lowest BCUT2D eigenvalue weighted by Gasteiger charge is -2.60. The van der Waals surface area contributed by atoms with E-state index in [1.165, 1.54) is 6.92 Å². The van der Waals surface area contributed by atoms with E-state index in [0.29, 0.717) is 41.7 Å². The lowest BCUT2D eigenvalue weighted by Crippen LogP contribution is -2.57. The Morgan fingerprint density at radius 3 is 2.29 bits per heavy atom. The average Bonchev–Trinajstić information content (AvgIpc) is 3.23. The molecule has 5 rings (SSSR count). The summed E-state index contributed by atoms with van der Waals surface area (Å²) in [5, 5.41) is 0.0862. The minimum atomic E-state index is -0.597. The largest absolute Gasteiger partial charge is 0.463 e. The first kappa shape index (κ1) is 31.2. The normalized spacial score (nSPS) is 38.0. The lowest BCUT2D eigenvalue weighted by atomic mass is 9.44. The molecule has 9 atom stereocenters. The molecule has 4 saturated carbocycles. The molecule has 0 heterocycles. The second kappa shape index (κ2) is 12.4. The molecule has 41 heavy (non-hydrogen) atoms. The monoisotopic (exact) mass is 621 g/mol. The van der Waals surface area contributed by atoms with Gasteiger partial charge in [-0.3, -0.25) is 14.4 Å². The van der Waals surface area contributed by atoms with Gasteiger partial charge in [0.15, 0.2) is 0 Å². The van der Waals surface area contributed by atoms with E-state index in [1.807, 2.05) is 0 Å². The standard InChI is InChI=1S/C33H45Cl2NO4S/c1-20(37)31-29(41-25-8-6-23(7-9-25)36(15-13-34)16-14-35)18-28-26-10-5-22-17-24(40-21(2)38)11-12-32(22,3)27(26)19-30(39)33(28,31)4/h6-9,22,24,26-29,31H,5,10-19H2,1-4H3/t22?,24?,26-,27+,28+,29?,31+,32+,33-/m1/s1. The fourth-order valence-corrected chi connectivity index (χ4v) is 11.5. The number of carbonyl (C=O) groups excluding carboxylic acids is 3. The van der Waals surface area contributed by atoms with Gasteiger partial charge < -0.3 is 9.64 Å². The van der Waals surface area contributed by atoms with Crippen LogP contribution in [0.2, 0.25) is 0 Å². The van der Waals surface area contributed by atoms with Gasteiger partial charge in [-0.05, 0) is 98.8 Å². The number of carbonyl (C=O) groups is 3. The number of Topliss-reactive ketones (excluding diaryl/α,β-unsaturated/α-hetero) is 2. The molecular formula is C33H45Cl2NO4S. The topological polar surface area (TPSA) is 63.7 Å². The summed E-state index contributed by atoms with van der Waals surface area (Å²) in [6.07, 6.45) is 6.48. The van der Waals surface area contributed by atoms with Crippen LogP contribution >= 0.6 is 35.0 Å². The lowest BCUT2D eigenvalue weighted by molar-refractivity contribution is -0.167. The molecule has 4 aliphatic rings. The molecule has 0 spiro atoms. The van der Waals surface area contributed by atoms with Gasteiger partial charge in [0.05, 0.1) is 0 Å². The van der Waals surface area contributed by atoms with E-state index in [2.05, 4.69) is 43.0 Å². The van der Waals surface area contributed by atoms with Crippen LogP contribution in [-0.2, 0) is 19.1 Å². The van der Waals surface area contributed by atoms with Crippen molar-refractivity contribution in [2.45, 2.75) is 88.9 Å². The highest BCUT2D eigenvalue weighted by Crippen LogP contribution is 2.68. The third kappa shape index (κ3) is 5.71. The number of rotatable bonds is 9. The smallest absolute Gasteiger partial charge is 0.302 e. The van der Waals surface area contributed by atoms with Crippen molar-refractivity contribution in [1.29, 1.82) is 0 Å². The number of fused-ring (bicyclic) bond motifs is 5. The number of nitrogens with zero attached hydrogens (tertiary/aromatic N) is 1. The summed E-state index contributed by atoms with van der Waals surface area (Å²) in [4.78, 5) is 42.4. The highest BCUT2D eigenvalue weighted by atomic mass is 35.5. The van der Waals surface area contributed by atoms with Gasteiger partial charge in [-0.25, -0.2) is 0 Å². The summed E-state index contributed by atoms with van der Waals surface area (Å²) in [7, 11) is 0. The molecular weight excluding hydrogens is 577 g/mol. The van der Waals surface area contributed by atoms with Gasteiger partial charge in [0.1, 0.15) is 17.7 Å². The van der Waals surface area contributed by atoms with Gasteiger partial charge in [0.25, 0.3) is 0 Å². The molecule has 1 aromatic carbocycles. The maximum atomic E-state index is 14.2. The van der Waals surface area contributed by atoms with Crippen molar-refractivity contribution in [1.82, 2.24) is 0 Å². The number of anilines is 1. The number of hydrogen-bond donors (Lipinski definition) is 0. The Hall–Kier alpha value is -1.24. The Morgan fingerprint density at radius 1 is 1.00 bits per heavy atom. The van der Waals surface area contributed by atoms with Crippen molar-refractivity contribution in [3.63, 3.8) is 0 Å². The molecule has 0 bridgehead atoms. The van der Waals surface area contributed by atoms with Gasteiger partial charge in [-0.15, -0.1) is 35.0 Å². The fourth-order valence-electron chi connectivity index (χ4n) is 9.56. The van der Waals surface area contributed by atoms with E-state index in [-0.39, 0.29) is 40.4 Å². The van der Waals surface area contributed by atoms with Gasteiger partial charge in [0, 0.05) is 65.4 Å². The van der Waals surface area contributed by atoms with Crippen molar-refractivity contribution in [3.05, 3.63) is 24.3 Å². The van der Waals surface area contributed by atoms with Crippen LogP contribution in [0.15, 0.2) is 29.2 Å². The molecule has 0 amide bonds. The molecule has 4 fully saturated rings. The minimum Gasteiger partial charge on any atom is -0.463 e. The average molecular weight is 623 g/mol. The van der Waals surface area contributed by atoms with Crippen LogP contribution in [0.25, 0.3) is 0 Å². The summed E-state index contributed by atoms with van der Waals surface area (Å²) >= 11 is 13.8. The van der Waals surface area contributed by atoms with Crippen LogP contribution < -0.4 is 4.90 Å². The summed E-state index contributed by atoms with van der Waals surface area (Å²) in [5.41, 5.74) is 0.582. The zero-order chi connectivity index (χ0) is 29.5. The maximum absolute atomic E-state index is 14.2. The number of halogens is 2. The van der Waals surface area contributed by atoms with Crippen molar-refractivity contribution in [3.8, 4) is 0 Å². The number of esters is 1. The van der Waals surface area contributed by atoms with Crippen LogP contribution in [0.4, 0.5) is 5.69 Å². The van der Waals surface area contributed by atoms with Gasteiger partial charge >= 0.3 is 5.97 Å². The SMILES string of the molecule is CC(=O)OC1CC[C@@]2(C)C(CC[C@H]3[C@@H]4CC(Sc5ccc(N(CCCl)CCCl)cc5)[C@H](C(C)=O)[C@@]4(C)C(=O)C[C@@H]32)C1. The number of hydrogen-bond acceptors (Lipinski definition) is 6. The number of ether oxygens (including phenoxy) is 1. The summed E-state index contributed by atoms with van der Waals surface area (Å²) in [5.74, 6) is 2.57. The Bertz CT molecular complexity index is 1140. The maximum Gasteiger partial charge on any atom is 0.302 e. The van der Waals surface area contributed by atoms with E-state index in [4.69, 9.17) is 27.9 Å². The highest BCUT2D eigenvalue weighted by Gasteiger charge is 2.66. The Kier molecular flexibility index (Phi) is 9.43. The van der Waals surface area contributed by atoms with Crippen molar-refractivity contribution in [2.75, 3.05) is 29.7 Å². The summed E-state index contributed by atoms with van der Waals surface area (Å²) in [6.45, 7) is 9.19. The van der Waals surface area contributed by atoms with Gasteiger partial charge in [-0.2, -0.15) is 0 Å². The van der Waals surface area contributed by atoms with E-state index >= 15 is 0 Å². The molecule has 4 aliphatic carbocycles. The molecule has 0 N–H and O–H groups in total. The number of ketones is 2. The van der Waals surface area contributed by atoms with Crippen LogP contribution in [0.3, 0.4) is 0 Å². The first-order valence-electron chi connectivity index (χ1n) is 15.4. The molecule has 0 radical (unpaired) electrons. The van der Waals surface area contributed by atoms with E-state index < -0.39 is 5.41 Å². The van der Waals surface area contributed by atoms with Crippen LogP contribution in [-0.4, -0.2) is 53.7 Å². The summed E-state index contributed by atoms with van der Waals surface area (Å²) < 4.78 is 5.62. The Labute approximate surface area is 259 Å². The molecule has 0 saturated heterocycles. The van der Waals surface area contributed by atoms with Gasteiger partial charge in [-0.1, -0.05) is 13.8 Å². The van der Waals surface area contributed by atoms with E-state index in [1.54, 1.807) is 18.7 Å². The fraction of sp³-hybridized carbons (Fsp3) is 0.727. The third-order valence-electron chi connectivity index (χ3n) is 11.5. The third-order valence-corrected chi connectivity index (χ3v) is 13.1. The predicted octanol–water partition coefficient (Wildman–Crippen LogP) is 7.40. The van der Waals surface area contributed by atoms with Crippen LogP contribution in [0.1, 0.15) is 72.6 Å². The van der Waals surface area contributed by atoms with Crippen molar-refractivity contribution < 1.29 is 19.1 Å². The Morgan fingerprint density at radius 2 is 1.68 bits per heavy atom. The van der Waals surface area contributed by atoms with Gasteiger partial charge in [0.2, 0.25) is 0 Å². The second-order valence-electron chi connectivity index (χ2n) is 13.4. The predicted molar refractivity (Wildman–Crippen MR) is 167 cm³/mol. The first-order chi connectivity index (χ1) is 19.5. The molecule has 1 aromatic rings. The zero-order valence-electron chi connectivity index (χ0n) is 24.9. The molecule has 226 valence electrons. The molecule has 8 heteroatoms. The van der Waals surface area contributed by atoms with E-state index in [9.17, 15) is 14.4 Å². The second-order valence-corrected chi connectivity index (χ2v) is 15.5.